The average Bonchev–Trinajstić information content (AvgIpc) is 2.73. The maximum absolute atomic E-state index is 11.9. The maximum Gasteiger partial charge on any atom is 0.156 e. The number of aromatic nitrogens is 1. The van der Waals surface area contributed by atoms with Crippen LogP contribution >= 0.6 is 0 Å². The smallest absolute Gasteiger partial charge is 0.156 e. The highest BCUT2D eigenvalue weighted by Gasteiger charge is 2.14. The van der Waals surface area contributed by atoms with Gasteiger partial charge in [-0.1, -0.05) is 35.5 Å². The summed E-state index contributed by atoms with van der Waals surface area (Å²) in [6.07, 6.45) is 0.528. The lowest BCUT2D eigenvalue weighted by Crippen LogP contribution is -2.11. The summed E-state index contributed by atoms with van der Waals surface area (Å²) in [6.45, 7) is 1.74. The third-order valence-electron chi connectivity index (χ3n) is 2.59. The molecule has 2 aromatic rings. The standard InChI is InChI=1S/C13H15NO3S/c1-11-9-13(14-17-11)10-18(15,16)8-7-12-5-3-2-4-6-12/h2-6,9H,7-8,10H2,1H3. The molecule has 0 N–H and O–H groups in total. The minimum atomic E-state index is -3.14. The second-order valence-corrected chi connectivity index (χ2v) is 6.44. The lowest BCUT2D eigenvalue weighted by Gasteiger charge is -2.02. The molecule has 0 amide bonds. The summed E-state index contributed by atoms with van der Waals surface area (Å²) in [6, 6.07) is 11.2. The molecule has 0 atom stereocenters. The third-order valence-corrected chi connectivity index (χ3v) is 4.15. The average molecular weight is 265 g/mol. The Morgan fingerprint density at radius 1 is 1.22 bits per heavy atom. The summed E-state index contributed by atoms with van der Waals surface area (Å²) in [5, 5.41) is 3.70. The number of aryl methyl sites for hydroxylation is 2. The largest absolute Gasteiger partial charge is 0.361 e. The summed E-state index contributed by atoms with van der Waals surface area (Å²) in [5.41, 5.74) is 1.50. The topological polar surface area (TPSA) is 60.2 Å². The summed E-state index contributed by atoms with van der Waals surface area (Å²) in [5.74, 6) is 0.698. The van der Waals surface area contributed by atoms with Crippen LogP contribution in [0.1, 0.15) is 17.0 Å². The Bertz CT molecular complexity index is 602. The molecule has 0 bridgehead atoms. The van der Waals surface area contributed by atoms with Crippen molar-refractivity contribution in [3.05, 3.63) is 53.4 Å². The maximum atomic E-state index is 11.9. The lowest BCUT2D eigenvalue weighted by atomic mass is 10.2. The number of rotatable bonds is 5. The van der Waals surface area contributed by atoms with Crippen molar-refractivity contribution in [2.75, 3.05) is 5.75 Å². The van der Waals surface area contributed by atoms with Gasteiger partial charge in [0.15, 0.2) is 9.84 Å². The first-order valence-corrected chi connectivity index (χ1v) is 7.54. The minimum Gasteiger partial charge on any atom is -0.361 e. The molecule has 0 aliphatic heterocycles. The normalized spacial score (nSPS) is 11.6. The van der Waals surface area contributed by atoms with Crippen LogP contribution in [0.4, 0.5) is 0 Å². The van der Waals surface area contributed by atoms with Crippen molar-refractivity contribution in [1.82, 2.24) is 5.16 Å². The summed E-state index contributed by atoms with van der Waals surface area (Å²) in [7, 11) is -3.14. The third kappa shape index (κ3) is 3.70. The molecule has 2 rings (SSSR count). The molecular weight excluding hydrogens is 250 g/mol. The predicted octanol–water partition coefficient (Wildman–Crippen LogP) is 2.14. The van der Waals surface area contributed by atoms with E-state index < -0.39 is 9.84 Å². The van der Waals surface area contributed by atoms with Crippen molar-refractivity contribution >= 4 is 9.84 Å². The van der Waals surface area contributed by atoms with Crippen LogP contribution in [0.3, 0.4) is 0 Å². The van der Waals surface area contributed by atoms with Gasteiger partial charge in [-0.25, -0.2) is 8.42 Å². The quantitative estimate of drug-likeness (QED) is 0.831. The Hall–Kier alpha value is -1.62. The van der Waals surface area contributed by atoms with E-state index in [4.69, 9.17) is 4.52 Å². The molecule has 5 heteroatoms. The van der Waals surface area contributed by atoms with Crippen LogP contribution in [0.15, 0.2) is 40.9 Å². The highest BCUT2D eigenvalue weighted by atomic mass is 32.2. The summed E-state index contributed by atoms with van der Waals surface area (Å²) in [4.78, 5) is 0. The van der Waals surface area contributed by atoms with Gasteiger partial charge in [-0.15, -0.1) is 0 Å². The van der Waals surface area contributed by atoms with Gasteiger partial charge in [0, 0.05) is 6.07 Å². The van der Waals surface area contributed by atoms with Gasteiger partial charge in [0.25, 0.3) is 0 Å². The number of hydrogen-bond acceptors (Lipinski definition) is 4. The molecule has 0 unspecified atom stereocenters. The number of nitrogens with zero attached hydrogens (tertiary/aromatic N) is 1. The molecule has 1 aromatic carbocycles. The van der Waals surface area contributed by atoms with Gasteiger partial charge in [-0.3, -0.25) is 0 Å². The fourth-order valence-electron chi connectivity index (χ4n) is 1.70. The van der Waals surface area contributed by atoms with Crippen molar-refractivity contribution in [2.45, 2.75) is 19.1 Å². The monoisotopic (exact) mass is 265 g/mol. The molecule has 0 spiro atoms. The minimum absolute atomic E-state index is 0.0584. The second-order valence-electron chi connectivity index (χ2n) is 4.26. The fourth-order valence-corrected chi connectivity index (χ4v) is 2.98. The van der Waals surface area contributed by atoms with Gasteiger partial charge in [0.2, 0.25) is 0 Å². The van der Waals surface area contributed by atoms with Crippen molar-refractivity contribution in [3.8, 4) is 0 Å². The zero-order valence-electron chi connectivity index (χ0n) is 10.2. The van der Waals surface area contributed by atoms with Crippen molar-refractivity contribution in [3.63, 3.8) is 0 Å². The van der Waals surface area contributed by atoms with Crippen molar-refractivity contribution in [2.24, 2.45) is 0 Å². The SMILES string of the molecule is Cc1cc(CS(=O)(=O)CCc2ccccc2)no1. The Labute approximate surface area is 107 Å². The van der Waals surface area contributed by atoms with Crippen LogP contribution in [0.25, 0.3) is 0 Å². The van der Waals surface area contributed by atoms with E-state index in [-0.39, 0.29) is 11.5 Å². The summed E-state index contributed by atoms with van der Waals surface area (Å²) >= 11 is 0. The number of hydrogen-bond donors (Lipinski definition) is 0. The van der Waals surface area contributed by atoms with Crippen LogP contribution in [0.5, 0.6) is 0 Å². The van der Waals surface area contributed by atoms with E-state index in [0.717, 1.165) is 5.56 Å². The molecule has 0 aliphatic carbocycles. The van der Waals surface area contributed by atoms with E-state index in [1.807, 2.05) is 30.3 Å². The second kappa shape index (κ2) is 5.35. The molecule has 4 nitrogen and oxygen atoms in total. The van der Waals surface area contributed by atoms with Crippen LogP contribution in [0.2, 0.25) is 0 Å². The van der Waals surface area contributed by atoms with Crippen LogP contribution in [0, 0.1) is 6.92 Å². The molecule has 18 heavy (non-hydrogen) atoms. The molecule has 0 saturated carbocycles. The van der Waals surface area contributed by atoms with Crippen LogP contribution < -0.4 is 0 Å². The molecule has 0 fully saturated rings. The lowest BCUT2D eigenvalue weighted by molar-refractivity contribution is 0.392. The Balaban J connectivity index is 1.96. The number of sulfone groups is 1. The molecular formula is C13H15NO3S. The van der Waals surface area contributed by atoms with E-state index in [1.165, 1.54) is 0 Å². The molecule has 0 saturated heterocycles. The van der Waals surface area contributed by atoms with Gasteiger partial charge >= 0.3 is 0 Å². The number of benzene rings is 1. The van der Waals surface area contributed by atoms with E-state index in [0.29, 0.717) is 17.9 Å². The van der Waals surface area contributed by atoms with E-state index >= 15 is 0 Å². The van der Waals surface area contributed by atoms with Crippen LogP contribution in [-0.4, -0.2) is 19.3 Å². The highest BCUT2D eigenvalue weighted by Crippen LogP contribution is 2.09. The molecule has 96 valence electrons. The van der Waals surface area contributed by atoms with Crippen LogP contribution in [-0.2, 0) is 22.0 Å². The van der Waals surface area contributed by atoms with Crippen molar-refractivity contribution in [1.29, 1.82) is 0 Å². The molecule has 0 aliphatic rings. The van der Waals surface area contributed by atoms with Gasteiger partial charge in [-0.2, -0.15) is 0 Å². The highest BCUT2D eigenvalue weighted by molar-refractivity contribution is 7.90. The summed E-state index contributed by atoms with van der Waals surface area (Å²) < 4.78 is 28.7. The van der Waals surface area contributed by atoms with Gasteiger partial charge in [0.05, 0.1) is 17.2 Å². The molecule has 1 heterocycles. The van der Waals surface area contributed by atoms with Gasteiger partial charge < -0.3 is 4.52 Å². The first kappa shape index (κ1) is 12.8. The van der Waals surface area contributed by atoms with Gasteiger partial charge in [-0.05, 0) is 18.9 Å². The zero-order chi connectivity index (χ0) is 13.0. The Morgan fingerprint density at radius 3 is 2.56 bits per heavy atom. The predicted molar refractivity (Wildman–Crippen MR) is 68.9 cm³/mol. The molecule has 0 radical (unpaired) electrons. The first-order valence-electron chi connectivity index (χ1n) is 5.72. The zero-order valence-corrected chi connectivity index (χ0v) is 11.0. The van der Waals surface area contributed by atoms with E-state index in [9.17, 15) is 8.42 Å². The van der Waals surface area contributed by atoms with E-state index in [1.54, 1.807) is 13.0 Å². The fraction of sp³-hybridized carbons (Fsp3) is 0.308. The van der Waals surface area contributed by atoms with Crippen molar-refractivity contribution < 1.29 is 12.9 Å². The van der Waals surface area contributed by atoms with Gasteiger partial charge in [0.1, 0.15) is 5.76 Å². The first-order chi connectivity index (χ1) is 8.55. The van der Waals surface area contributed by atoms with E-state index in [2.05, 4.69) is 5.16 Å². The Kier molecular flexibility index (Phi) is 3.81. The Morgan fingerprint density at radius 2 is 1.94 bits per heavy atom. The molecule has 1 aromatic heterocycles.